The highest BCUT2D eigenvalue weighted by molar-refractivity contribution is 8.00. The third-order valence-corrected chi connectivity index (χ3v) is 3.96. The molecule has 3 rings (SSSR count). The number of imidazole rings is 1. The maximum atomic E-state index is 11.8. The highest BCUT2D eigenvalue weighted by Gasteiger charge is 2.22. The Balaban J connectivity index is 1.98. The zero-order valence-electron chi connectivity index (χ0n) is 10.6. The van der Waals surface area contributed by atoms with E-state index in [1.54, 1.807) is 24.3 Å². The van der Waals surface area contributed by atoms with Crippen molar-refractivity contribution in [3.8, 4) is 0 Å². The van der Waals surface area contributed by atoms with Gasteiger partial charge < -0.3 is 10.1 Å². The lowest BCUT2D eigenvalue weighted by atomic mass is 10.1. The fraction of sp³-hybridized carbons (Fsp3) is 0.0769. The van der Waals surface area contributed by atoms with Crippen LogP contribution in [-0.2, 0) is 4.79 Å². The monoisotopic (exact) mass is 302 g/mol. The minimum atomic E-state index is -1.00. The number of H-pyrrole nitrogens is 2. The van der Waals surface area contributed by atoms with Crippen LogP contribution in [0.1, 0.15) is 10.8 Å². The molecule has 1 aromatic carbocycles. The lowest BCUT2D eigenvalue weighted by Gasteiger charge is -2.11. The van der Waals surface area contributed by atoms with Crippen LogP contribution in [-0.4, -0.2) is 31.0 Å². The molecule has 0 saturated heterocycles. The maximum absolute atomic E-state index is 11.8. The Labute approximate surface area is 122 Å². The minimum absolute atomic E-state index is 0.218. The van der Waals surface area contributed by atoms with Gasteiger partial charge in [-0.15, -0.1) is 0 Å². The Morgan fingerprint density at radius 3 is 2.76 bits per heavy atom. The number of aromatic amines is 2. The Morgan fingerprint density at radius 2 is 2.05 bits per heavy atom. The summed E-state index contributed by atoms with van der Waals surface area (Å²) in [7, 11) is 0. The summed E-state index contributed by atoms with van der Waals surface area (Å²) in [5.41, 5.74) is 0.779. The summed E-state index contributed by atoms with van der Waals surface area (Å²) in [5, 5.41) is 8.73. The molecule has 3 N–H and O–H groups in total. The third kappa shape index (κ3) is 2.65. The molecule has 0 fully saturated rings. The molecule has 0 saturated carbocycles. The SMILES string of the molecule is O=C(O)[C@@H](Sc1nc2nc[nH]c2c(=O)[nH]1)c1ccccc1. The fourth-order valence-electron chi connectivity index (χ4n) is 1.88. The molecule has 0 bridgehead atoms. The van der Waals surface area contributed by atoms with Crippen LogP contribution in [0.3, 0.4) is 0 Å². The normalized spacial score (nSPS) is 12.4. The van der Waals surface area contributed by atoms with Crippen molar-refractivity contribution in [1.29, 1.82) is 0 Å². The van der Waals surface area contributed by atoms with Gasteiger partial charge in [-0.3, -0.25) is 14.6 Å². The molecule has 0 unspecified atom stereocenters. The largest absolute Gasteiger partial charge is 0.480 e. The number of nitrogens with zero attached hydrogens (tertiary/aromatic N) is 2. The molecule has 0 amide bonds. The number of hydrogen-bond acceptors (Lipinski definition) is 5. The smallest absolute Gasteiger partial charge is 0.321 e. The van der Waals surface area contributed by atoms with Crippen LogP contribution in [0, 0.1) is 0 Å². The highest BCUT2D eigenvalue weighted by atomic mass is 32.2. The van der Waals surface area contributed by atoms with Crippen molar-refractivity contribution in [2.24, 2.45) is 0 Å². The van der Waals surface area contributed by atoms with Crippen LogP contribution in [0.2, 0.25) is 0 Å². The number of fused-ring (bicyclic) bond motifs is 1. The van der Waals surface area contributed by atoms with Crippen molar-refractivity contribution in [3.63, 3.8) is 0 Å². The van der Waals surface area contributed by atoms with E-state index in [1.807, 2.05) is 6.07 Å². The van der Waals surface area contributed by atoms with Gasteiger partial charge in [0.05, 0.1) is 6.33 Å². The number of aliphatic carboxylic acids is 1. The number of benzene rings is 1. The zero-order chi connectivity index (χ0) is 14.8. The number of thioether (sulfide) groups is 1. The summed E-state index contributed by atoms with van der Waals surface area (Å²) < 4.78 is 0. The first kappa shape index (κ1) is 13.4. The number of carbonyl (C=O) groups is 1. The van der Waals surface area contributed by atoms with Gasteiger partial charge in [0.1, 0.15) is 5.25 Å². The van der Waals surface area contributed by atoms with Gasteiger partial charge in [0.15, 0.2) is 16.3 Å². The number of nitrogens with one attached hydrogen (secondary N) is 2. The molecular weight excluding hydrogens is 292 g/mol. The van der Waals surface area contributed by atoms with Gasteiger partial charge in [0.25, 0.3) is 5.56 Å². The molecule has 2 aromatic heterocycles. The van der Waals surface area contributed by atoms with Gasteiger partial charge >= 0.3 is 5.97 Å². The molecule has 0 aliphatic rings. The summed E-state index contributed by atoms with van der Waals surface area (Å²) >= 11 is 0.962. The highest BCUT2D eigenvalue weighted by Crippen LogP contribution is 2.33. The van der Waals surface area contributed by atoms with Crippen LogP contribution in [0.4, 0.5) is 0 Å². The third-order valence-electron chi connectivity index (χ3n) is 2.83. The van der Waals surface area contributed by atoms with Gasteiger partial charge in [-0.25, -0.2) is 9.97 Å². The number of hydrogen-bond donors (Lipinski definition) is 3. The molecule has 0 spiro atoms. The van der Waals surface area contributed by atoms with E-state index in [1.165, 1.54) is 6.33 Å². The first-order valence-electron chi connectivity index (χ1n) is 6.03. The molecule has 8 heteroatoms. The number of carboxylic acids is 1. The molecule has 0 radical (unpaired) electrons. The quantitative estimate of drug-likeness (QED) is 0.498. The van der Waals surface area contributed by atoms with Crippen molar-refractivity contribution < 1.29 is 9.90 Å². The van der Waals surface area contributed by atoms with Crippen LogP contribution in [0.15, 0.2) is 46.6 Å². The van der Waals surface area contributed by atoms with Crippen molar-refractivity contribution in [2.45, 2.75) is 10.4 Å². The summed E-state index contributed by atoms with van der Waals surface area (Å²) in [6.07, 6.45) is 1.37. The Morgan fingerprint density at radius 1 is 1.29 bits per heavy atom. The molecule has 2 heterocycles. The standard InChI is InChI=1S/C13H10N4O3S/c18-11-8-10(15-6-14-8)16-13(17-11)21-9(12(19)20)7-4-2-1-3-5-7/h1-6,9H,(H,19,20)(H2,14,15,16,17,18)/t9-/m0/s1. The first-order chi connectivity index (χ1) is 10.1. The van der Waals surface area contributed by atoms with E-state index in [4.69, 9.17) is 0 Å². The van der Waals surface area contributed by atoms with Crippen molar-refractivity contribution in [3.05, 3.63) is 52.6 Å². The molecule has 3 aromatic rings. The van der Waals surface area contributed by atoms with E-state index in [0.29, 0.717) is 5.56 Å². The summed E-state index contributed by atoms with van der Waals surface area (Å²) in [6.45, 7) is 0. The van der Waals surface area contributed by atoms with Crippen molar-refractivity contribution >= 4 is 28.9 Å². The fourth-order valence-corrected chi connectivity index (χ4v) is 2.79. The maximum Gasteiger partial charge on any atom is 0.321 e. The predicted octanol–water partition coefficient (Wildman–Crippen LogP) is 1.56. The molecular formula is C13H10N4O3S. The van der Waals surface area contributed by atoms with E-state index in [9.17, 15) is 14.7 Å². The predicted molar refractivity (Wildman–Crippen MR) is 77.2 cm³/mol. The van der Waals surface area contributed by atoms with Gasteiger partial charge in [0.2, 0.25) is 0 Å². The van der Waals surface area contributed by atoms with Gasteiger partial charge in [-0.2, -0.15) is 0 Å². The molecule has 0 aliphatic carbocycles. The first-order valence-corrected chi connectivity index (χ1v) is 6.91. The van der Waals surface area contributed by atoms with Crippen molar-refractivity contribution in [1.82, 2.24) is 19.9 Å². The average Bonchev–Trinajstić information content (AvgIpc) is 2.94. The second-order valence-electron chi connectivity index (χ2n) is 4.22. The Kier molecular flexibility index (Phi) is 3.44. The molecule has 1 atom stereocenters. The zero-order valence-corrected chi connectivity index (χ0v) is 11.4. The van der Waals surface area contributed by atoms with Crippen LogP contribution >= 0.6 is 11.8 Å². The van der Waals surface area contributed by atoms with Crippen molar-refractivity contribution in [2.75, 3.05) is 0 Å². The van der Waals surface area contributed by atoms with Crippen LogP contribution < -0.4 is 5.56 Å². The van der Waals surface area contributed by atoms with Gasteiger partial charge in [-0.1, -0.05) is 42.1 Å². The summed E-state index contributed by atoms with van der Waals surface area (Å²) in [6, 6.07) is 8.77. The average molecular weight is 302 g/mol. The molecule has 7 nitrogen and oxygen atoms in total. The second-order valence-corrected chi connectivity index (χ2v) is 5.31. The lowest BCUT2D eigenvalue weighted by Crippen LogP contribution is -2.12. The van der Waals surface area contributed by atoms with E-state index in [-0.39, 0.29) is 21.9 Å². The minimum Gasteiger partial charge on any atom is -0.480 e. The summed E-state index contributed by atoms with van der Waals surface area (Å²) in [5.74, 6) is -1.00. The molecule has 106 valence electrons. The molecule has 0 aliphatic heterocycles. The van der Waals surface area contributed by atoms with E-state index < -0.39 is 11.2 Å². The lowest BCUT2D eigenvalue weighted by molar-refractivity contribution is -0.136. The Bertz CT molecular complexity index is 843. The van der Waals surface area contributed by atoms with E-state index in [0.717, 1.165) is 11.8 Å². The van der Waals surface area contributed by atoms with Crippen LogP contribution in [0.5, 0.6) is 0 Å². The van der Waals surface area contributed by atoms with E-state index >= 15 is 0 Å². The second kappa shape index (κ2) is 5.41. The van der Waals surface area contributed by atoms with Gasteiger partial charge in [-0.05, 0) is 5.56 Å². The van der Waals surface area contributed by atoms with Crippen LogP contribution in [0.25, 0.3) is 11.2 Å². The number of aromatic nitrogens is 4. The number of rotatable bonds is 4. The molecule has 21 heavy (non-hydrogen) atoms. The van der Waals surface area contributed by atoms with E-state index in [2.05, 4.69) is 19.9 Å². The number of carboxylic acid groups (broad SMARTS) is 1. The summed E-state index contributed by atoms with van der Waals surface area (Å²) in [4.78, 5) is 36.6. The van der Waals surface area contributed by atoms with Gasteiger partial charge in [0, 0.05) is 0 Å². The topological polar surface area (TPSA) is 112 Å². The Hall–Kier alpha value is -2.61.